The molecule has 0 saturated carbocycles. The number of para-hydroxylation sites is 1. The molecule has 0 aromatic heterocycles. The third-order valence-electron chi connectivity index (χ3n) is 3.40. The lowest BCUT2D eigenvalue weighted by Crippen LogP contribution is -2.38. The van der Waals surface area contributed by atoms with Gasteiger partial charge in [0.1, 0.15) is 25.1 Å². The van der Waals surface area contributed by atoms with Gasteiger partial charge in [0.05, 0.1) is 0 Å². The Labute approximate surface area is 123 Å². The summed E-state index contributed by atoms with van der Waals surface area (Å²) in [5.74, 6) is 0.719. The van der Waals surface area contributed by atoms with Gasteiger partial charge < -0.3 is 14.8 Å². The number of benzene rings is 2. The lowest BCUT2D eigenvalue weighted by molar-refractivity contribution is -0.133. The normalized spacial score (nSPS) is 18.1. The number of amides is 1. The summed E-state index contributed by atoms with van der Waals surface area (Å²) in [4.78, 5) is 11.2. The fourth-order valence-electron chi connectivity index (χ4n) is 2.31. The molecule has 4 nitrogen and oxygen atoms in total. The zero-order chi connectivity index (χ0) is 14.5. The van der Waals surface area contributed by atoms with E-state index in [1.165, 1.54) is 0 Å². The maximum Gasteiger partial charge on any atom is 0.246 e. The molecule has 1 atom stereocenters. The van der Waals surface area contributed by atoms with Crippen molar-refractivity contribution in [1.29, 1.82) is 0 Å². The molecular weight excluding hydrogens is 266 g/mol. The lowest BCUT2D eigenvalue weighted by Gasteiger charge is -2.25. The van der Waals surface area contributed by atoms with Crippen molar-refractivity contribution in [3.8, 4) is 5.75 Å². The topological polar surface area (TPSA) is 47.6 Å². The Morgan fingerprint density at radius 1 is 1.10 bits per heavy atom. The monoisotopic (exact) mass is 283 g/mol. The highest BCUT2D eigenvalue weighted by Crippen LogP contribution is 2.29. The molecule has 1 unspecified atom stereocenters. The minimum absolute atomic E-state index is 0.0751. The first-order valence-corrected chi connectivity index (χ1v) is 6.97. The molecule has 1 aliphatic heterocycles. The van der Waals surface area contributed by atoms with E-state index >= 15 is 0 Å². The molecule has 1 heterocycles. The fraction of sp³-hybridized carbons (Fsp3) is 0.235. The average Bonchev–Trinajstić information content (AvgIpc) is 2.55. The summed E-state index contributed by atoms with van der Waals surface area (Å²) in [5.41, 5.74) is 2.08. The van der Waals surface area contributed by atoms with Gasteiger partial charge in [0.15, 0.2) is 0 Å². The highest BCUT2D eigenvalue weighted by Gasteiger charge is 2.22. The van der Waals surface area contributed by atoms with E-state index in [2.05, 4.69) is 5.32 Å². The van der Waals surface area contributed by atoms with Gasteiger partial charge in [-0.15, -0.1) is 0 Å². The molecule has 1 aliphatic rings. The number of nitrogens with one attached hydrogen (secondary N) is 1. The Bertz CT molecular complexity index is 602. The van der Waals surface area contributed by atoms with Crippen LogP contribution in [-0.2, 0) is 16.1 Å². The molecule has 1 N–H and O–H groups in total. The van der Waals surface area contributed by atoms with Crippen molar-refractivity contribution in [2.75, 3.05) is 13.2 Å². The molecule has 0 radical (unpaired) electrons. The number of carbonyl (C=O) groups is 1. The third-order valence-corrected chi connectivity index (χ3v) is 3.40. The smallest absolute Gasteiger partial charge is 0.246 e. The second kappa shape index (κ2) is 6.41. The first-order valence-electron chi connectivity index (χ1n) is 6.97. The number of ether oxygens (including phenoxy) is 2. The van der Waals surface area contributed by atoms with Crippen LogP contribution in [0.25, 0.3) is 0 Å². The van der Waals surface area contributed by atoms with Crippen molar-refractivity contribution in [3.05, 3.63) is 65.7 Å². The minimum Gasteiger partial charge on any atom is -0.489 e. The van der Waals surface area contributed by atoms with Crippen LogP contribution in [0.5, 0.6) is 5.75 Å². The summed E-state index contributed by atoms with van der Waals surface area (Å²) in [5, 5.41) is 2.81. The van der Waals surface area contributed by atoms with Gasteiger partial charge >= 0.3 is 0 Å². The predicted octanol–water partition coefficient (Wildman–Crippen LogP) is 2.45. The first kappa shape index (κ1) is 13.6. The van der Waals surface area contributed by atoms with Crippen LogP contribution in [0.1, 0.15) is 17.2 Å². The van der Waals surface area contributed by atoms with Crippen molar-refractivity contribution in [2.24, 2.45) is 0 Å². The lowest BCUT2D eigenvalue weighted by atomic mass is 10.1. The van der Waals surface area contributed by atoms with Crippen LogP contribution in [0.4, 0.5) is 0 Å². The molecule has 4 heteroatoms. The van der Waals surface area contributed by atoms with Crippen LogP contribution >= 0.6 is 0 Å². The summed E-state index contributed by atoms with van der Waals surface area (Å²) in [7, 11) is 0. The van der Waals surface area contributed by atoms with E-state index in [1.54, 1.807) is 0 Å². The summed E-state index contributed by atoms with van der Waals surface area (Å²) in [6, 6.07) is 17.8. The Kier molecular flexibility index (Phi) is 4.17. The zero-order valence-corrected chi connectivity index (χ0v) is 11.6. The van der Waals surface area contributed by atoms with E-state index < -0.39 is 0 Å². The Hall–Kier alpha value is -2.33. The predicted molar refractivity (Wildman–Crippen MR) is 78.9 cm³/mol. The zero-order valence-electron chi connectivity index (χ0n) is 11.6. The van der Waals surface area contributed by atoms with Gasteiger partial charge in [-0.1, -0.05) is 48.5 Å². The van der Waals surface area contributed by atoms with E-state index in [9.17, 15) is 4.79 Å². The van der Waals surface area contributed by atoms with Crippen molar-refractivity contribution >= 4 is 5.91 Å². The van der Waals surface area contributed by atoms with E-state index in [1.807, 2.05) is 54.6 Å². The molecule has 0 bridgehead atoms. The van der Waals surface area contributed by atoms with E-state index in [-0.39, 0.29) is 18.6 Å². The van der Waals surface area contributed by atoms with Crippen LogP contribution in [0.15, 0.2) is 54.6 Å². The molecule has 0 spiro atoms. The van der Waals surface area contributed by atoms with Crippen LogP contribution in [-0.4, -0.2) is 19.1 Å². The molecular formula is C17H17NO3. The van der Waals surface area contributed by atoms with Gasteiger partial charge in [-0.2, -0.15) is 0 Å². The third kappa shape index (κ3) is 3.41. The van der Waals surface area contributed by atoms with Gasteiger partial charge in [-0.3, -0.25) is 4.79 Å². The molecule has 1 amide bonds. The molecule has 1 fully saturated rings. The Morgan fingerprint density at radius 2 is 1.86 bits per heavy atom. The highest BCUT2D eigenvalue weighted by atomic mass is 16.5. The maximum absolute atomic E-state index is 11.2. The van der Waals surface area contributed by atoms with Crippen molar-refractivity contribution in [2.45, 2.75) is 12.7 Å². The highest BCUT2D eigenvalue weighted by molar-refractivity contribution is 5.77. The quantitative estimate of drug-likeness (QED) is 0.937. The maximum atomic E-state index is 11.2. The molecule has 3 rings (SSSR count). The van der Waals surface area contributed by atoms with Crippen molar-refractivity contribution in [3.63, 3.8) is 0 Å². The summed E-state index contributed by atoms with van der Waals surface area (Å²) >= 11 is 0. The molecule has 2 aromatic carbocycles. The second-order valence-corrected chi connectivity index (χ2v) is 4.92. The molecule has 21 heavy (non-hydrogen) atoms. The van der Waals surface area contributed by atoms with Gasteiger partial charge in [0.25, 0.3) is 0 Å². The van der Waals surface area contributed by atoms with Crippen LogP contribution in [0.3, 0.4) is 0 Å². The Morgan fingerprint density at radius 3 is 2.62 bits per heavy atom. The second-order valence-electron chi connectivity index (χ2n) is 4.92. The van der Waals surface area contributed by atoms with Crippen LogP contribution in [0.2, 0.25) is 0 Å². The molecule has 1 saturated heterocycles. The number of hydrogen-bond donors (Lipinski definition) is 1. The molecule has 2 aromatic rings. The number of morpholine rings is 1. The van der Waals surface area contributed by atoms with E-state index in [0.717, 1.165) is 16.9 Å². The number of rotatable bonds is 4. The first-order chi connectivity index (χ1) is 10.3. The summed E-state index contributed by atoms with van der Waals surface area (Å²) in [6.07, 6.45) is -0.158. The summed E-state index contributed by atoms with van der Waals surface area (Å²) in [6.45, 7) is 1.08. The molecule has 108 valence electrons. The van der Waals surface area contributed by atoms with Gasteiger partial charge in [-0.05, 0) is 11.6 Å². The van der Waals surface area contributed by atoms with Gasteiger partial charge in [-0.25, -0.2) is 0 Å². The number of hydrogen-bond acceptors (Lipinski definition) is 3. The van der Waals surface area contributed by atoms with Crippen molar-refractivity contribution in [1.82, 2.24) is 5.32 Å². The standard InChI is InChI=1S/C17H17NO3/c19-17-12-21-16(10-18-17)14-8-4-5-9-15(14)20-11-13-6-2-1-3-7-13/h1-9,16H,10-12H2,(H,18,19). The van der Waals surface area contributed by atoms with E-state index in [0.29, 0.717) is 13.2 Å². The van der Waals surface area contributed by atoms with Crippen molar-refractivity contribution < 1.29 is 14.3 Å². The van der Waals surface area contributed by atoms with Gasteiger partial charge in [0.2, 0.25) is 5.91 Å². The summed E-state index contributed by atoms with van der Waals surface area (Å²) < 4.78 is 11.5. The SMILES string of the molecule is O=C1COC(c2ccccc2OCc2ccccc2)CN1. The van der Waals surface area contributed by atoms with Gasteiger partial charge in [0, 0.05) is 12.1 Å². The number of carbonyl (C=O) groups excluding carboxylic acids is 1. The Balaban J connectivity index is 1.72. The van der Waals surface area contributed by atoms with E-state index in [4.69, 9.17) is 9.47 Å². The molecule has 0 aliphatic carbocycles. The largest absolute Gasteiger partial charge is 0.489 e. The fourth-order valence-corrected chi connectivity index (χ4v) is 2.31. The van der Waals surface area contributed by atoms with Crippen LogP contribution < -0.4 is 10.1 Å². The minimum atomic E-state index is -0.158. The van der Waals surface area contributed by atoms with Crippen LogP contribution in [0, 0.1) is 0 Å². The average molecular weight is 283 g/mol.